The third-order valence-electron chi connectivity index (χ3n) is 3.01. The summed E-state index contributed by atoms with van der Waals surface area (Å²) < 4.78 is 14.7. The Labute approximate surface area is 135 Å². The van der Waals surface area contributed by atoms with Crippen molar-refractivity contribution in [2.75, 3.05) is 25.4 Å². The van der Waals surface area contributed by atoms with Gasteiger partial charge in [-0.05, 0) is 24.0 Å². The van der Waals surface area contributed by atoms with E-state index in [2.05, 4.69) is 14.7 Å². The molecule has 3 rings (SSSR count). The van der Waals surface area contributed by atoms with E-state index in [0.717, 1.165) is 11.3 Å². The molecule has 116 valence electrons. The molecule has 9 heteroatoms. The molecule has 2 aromatic rings. The molecule has 1 aromatic heterocycles. The number of hydrogen-bond acceptors (Lipinski definition) is 7. The molecule has 0 bridgehead atoms. The molecule has 0 saturated carbocycles. The number of hydrogen-bond donors (Lipinski definition) is 1. The highest BCUT2D eigenvalue weighted by atomic mass is 32.2. The smallest absolute Gasteiger partial charge is 0.323 e. The maximum atomic E-state index is 12.1. The number of rotatable bonds is 4. The predicted octanol–water partition coefficient (Wildman–Crippen LogP) is 2.65. The summed E-state index contributed by atoms with van der Waals surface area (Å²) in [5.41, 5.74) is 0.962. The lowest BCUT2D eigenvalue weighted by atomic mass is 10.2. The quantitative estimate of drug-likeness (QED) is 0.864. The number of anilines is 1. The van der Waals surface area contributed by atoms with Gasteiger partial charge in [-0.2, -0.15) is 9.36 Å². The maximum Gasteiger partial charge on any atom is 0.323 e. The average Bonchev–Trinajstić information content (AvgIpc) is 3.15. The van der Waals surface area contributed by atoms with Crippen LogP contribution in [-0.2, 0) is 6.54 Å². The number of amides is 2. The molecule has 0 fully saturated rings. The lowest BCUT2D eigenvalue weighted by Gasteiger charge is -2.17. The van der Waals surface area contributed by atoms with Crippen molar-refractivity contribution in [1.82, 2.24) is 14.3 Å². The molecular formula is C13H14N4O3S2. The maximum absolute atomic E-state index is 12.1. The molecule has 0 aliphatic carbocycles. The van der Waals surface area contributed by atoms with E-state index < -0.39 is 0 Å². The molecule has 22 heavy (non-hydrogen) atoms. The molecule has 0 atom stereocenters. The van der Waals surface area contributed by atoms with Gasteiger partial charge in [-0.1, -0.05) is 17.8 Å². The summed E-state index contributed by atoms with van der Waals surface area (Å²) >= 11 is 2.60. The van der Waals surface area contributed by atoms with Crippen molar-refractivity contribution in [3.8, 4) is 11.5 Å². The van der Waals surface area contributed by atoms with Crippen LogP contribution in [0.1, 0.15) is 5.56 Å². The van der Waals surface area contributed by atoms with Crippen molar-refractivity contribution < 1.29 is 14.3 Å². The molecule has 0 radical (unpaired) electrons. The van der Waals surface area contributed by atoms with Crippen molar-refractivity contribution in [2.45, 2.75) is 11.7 Å². The monoisotopic (exact) mass is 338 g/mol. The van der Waals surface area contributed by atoms with Gasteiger partial charge in [0.1, 0.15) is 0 Å². The number of fused-ring (bicyclic) bond motifs is 1. The summed E-state index contributed by atoms with van der Waals surface area (Å²) in [5.74, 6) is 1.44. The number of aromatic nitrogens is 2. The fourth-order valence-electron chi connectivity index (χ4n) is 1.92. The van der Waals surface area contributed by atoms with E-state index in [-0.39, 0.29) is 12.8 Å². The van der Waals surface area contributed by atoms with Crippen molar-refractivity contribution >= 4 is 34.5 Å². The molecule has 1 aliphatic heterocycles. The number of carbonyl (C=O) groups excluding carboxylic acids is 1. The Balaban J connectivity index is 1.61. The van der Waals surface area contributed by atoms with Crippen LogP contribution in [0.3, 0.4) is 0 Å². The van der Waals surface area contributed by atoms with E-state index in [0.29, 0.717) is 22.6 Å². The van der Waals surface area contributed by atoms with Crippen molar-refractivity contribution in [2.24, 2.45) is 0 Å². The number of carbonyl (C=O) groups is 1. The average molecular weight is 338 g/mol. The highest BCUT2D eigenvalue weighted by Crippen LogP contribution is 2.32. The van der Waals surface area contributed by atoms with Crippen LogP contribution < -0.4 is 14.8 Å². The molecule has 7 nitrogen and oxygen atoms in total. The third-order valence-corrected chi connectivity index (χ3v) is 4.30. The number of thioether (sulfide) groups is 1. The second-order valence-electron chi connectivity index (χ2n) is 4.56. The van der Waals surface area contributed by atoms with Crippen LogP contribution in [0.5, 0.6) is 11.5 Å². The van der Waals surface area contributed by atoms with Gasteiger partial charge in [0.2, 0.25) is 17.1 Å². The number of nitrogens with one attached hydrogen (secondary N) is 1. The van der Waals surface area contributed by atoms with Crippen LogP contribution in [-0.4, -0.2) is 40.4 Å². The standard InChI is InChI=1S/C13H14N4O3S2/c1-17(13(18)15-11-14-12(21-2)16-22-11)6-8-3-4-9-10(5-8)20-7-19-9/h3-5H,6-7H2,1-2H3,(H,14,15,16,18). The topological polar surface area (TPSA) is 76.6 Å². The minimum Gasteiger partial charge on any atom is -0.454 e. The fraction of sp³-hybridized carbons (Fsp3) is 0.308. The Bertz CT molecular complexity index is 692. The molecular weight excluding hydrogens is 324 g/mol. The van der Waals surface area contributed by atoms with E-state index >= 15 is 0 Å². The second kappa shape index (κ2) is 6.41. The van der Waals surface area contributed by atoms with Gasteiger partial charge in [-0.15, -0.1) is 0 Å². The predicted molar refractivity (Wildman–Crippen MR) is 84.7 cm³/mol. The normalized spacial score (nSPS) is 12.3. The number of benzene rings is 1. The van der Waals surface area contributed by atoms with E-state index in [1.165, 1.54) is 23.3 Å². The minimum absolute atomic E-state index is 0.235. The van der Waals surface area contributed by atoms with Crippen LogP contribution in [0.2, 0.25) is 0 Å². The number of ether oxygens (including phenoxy) is 2. The minimum atomic E-state index is -0.235. The first-order chi connectivity index (χ1) is 10.7. The SMILES string of the molecule is CSc1nsc(NC(=O)N(C)Cc2ccc3c(c2)OCO3)n1. The molecule has 1 aliphatic rings. The number of nitrogens with zero attached hydrogens (tertiary/aromatic N) is 3. The first-order valence-electron chi connectivity index (χ1n) is 6.44. The molecule has 0 unspecified atom stereocenters. The zero-order chi connectivity index (χ0) is 15.5. The molecule has 1 aromatic carbocycles. The first kappa shape index (κ1) is 14.9. The largest absolute Gasteiger partial charge is 0.454 e. The highest BCUT2D eigenvalue weighted by molar-refractivity contribution is 7.98. The second-order valence-corrected chi connectivity index (χ2v) is 6.09. The summed E-state index contributed by atoms with van der Waals surface area (Å²) in [4.78, 5) is 17.9. The van der Waals surface area contributed by atoms with Crippen LogP contribution in [0.25, 0.3) is 0 Å². The van der Waals surface area contributed by atoms with Crippen LogP contribution in [0, 0.1) is 0 Å². The number of urea groups is 1. The Kier molecular flexibility index (Phi) is 4.34. The van der Waals surface area contributed by atoms with Gasteiger partial charge in [0.05, 0.1) is 0 Å². The van der Waals surface area contributed by atoms with Crippen molar-refractivity contribution in [3.05, 3.63) is 23.8 Å². The summed E-state index contributed by atoms with van der Waals surface area (Å²) in [7, 11) is 1.72. The van der Waals surface area contributed by atoms with E-state index in [1.54, 1.807) is 11.9 Å². The molecule has 2 amide bonds. The zero-order valence-electron chi connectivity index (χ0n) is 12.0. The third kappa shape index (κ3) is 3.25. The summed E-state index contributed by atoms with van der Waals surface area (Å²) in [5, 5.41) is 3.88. The summed E-state index contributed by atoms with van der Waals surface area (Å²) in [6, 6.07) is 5.40. The van der Waals surface area contributed by atoms with E-state index in [9.17, 15) is 4.79 Å². The Morgan fingerprint density at radius 2 is 2.27 bits per heavy atom. The van der Waals surface area contributed by atoms with Crippen LogP contribution in [0.15, 0.2) is 23.4 Å². The summed E-state index contributed by atoms with van der Waals surface area (Å²) in [6.45, 7) is 0.695. The highest BCUT2D eigenvalue weighted by Gasteiger charge is 2.16. The molecule has 1 N–H and O–H groups in total. The van der Waals surface area contributed by atoms with Crippen molar-refractivity contribution in [3.63, 3.8) is 0 Å². The Morgan fingerprint density at radius 1 is 1.45 bits per heavy atom. The van der Waals surface area contributed by atoms with Gasteiger partial charge >= 0.3 is 6.03 Å². The van der Waals surface area contributed by atoms with Gasteiger partial charge in [-0.25, -0.2) is 4.79 Å². The summed E-state index contributed by atoms with van der Waals surface area (Å²) in [6.07, 6.45) is 1.89. The van der Waals surface area contributed by atoms with Gasteiger partial charge < -0.3 is 14.4 Å². The van der Waals surface area contributed by atoms with Crippen molar-refractivity contribution in [1.29, 1.82) is 0 Å². The van der Waals surface area contributed by atoms with Gasteiger partial charge in [0, 0.05) is 25.1 Å². The fourth-order valence-corrected chi connectivity index (χ4v) is 3.03. The van der Waals surface area contributed by atoms with Gasteiger partial charge in [0.15, 0.2) is 11.5 Å². The van der Waals surface area contributed by atoms with Crippen LogP contribution >= 0.6 is 23.3 Å². The lowest BCUT2D eigenvalue weighted by molar-refractivity contribution is 0.174. The molecule has 0 spiro atoms. The molecule has 0 saturated heterocycles. The lowest BCUT2D eigenvalue weighted by Crippen LogP contribution is -2.30. The Morgan fingerprint density at radius 3 is 3.05 bits per heavy atom. The van der Waals surface area contributed by atoms with Gasteiger partial charge in [0.25, 0.3) is 0 Å². The first-order valence-corrected chi connectivity index (χ1v) is 8.44. The zero-order valence-corrected chi connectivity index (χ0v) is 13.7. The Hall–Kier alpha value is -2.00. The van der Waals surface area contributed by atoms with E-state index in [4.69, 9.17) is 9.47 Å². The van der Waals surface area contributed by atoms with Crippen LogP contribution in [0.4, 0.5) is 9.93 Å². The van der Waals surface area contributed by atoms with E-state index in [1.807, 2.05) is 24.5 Å². The molecule has 2 heterocycles. The van der Waals surface area contributed by atoms with Gasteiger partial charge in [-0.3, -0.25) is 5.32 Å².